The molecule has 0 bridgehead atoms. The molecule has 0 aromatic carbocycles. The second-order valence-electron chi connectivity index (χ2n) is 13.8. The van der Waals surface area contributed by atoms with Crippen LogP contribution in [0.4, 0.5) is 0 Å². The number of allylic oxidation sites excluding steroid dienone is 6. The van der Waals surface area contributed by atoms with Gasteiger partial charge in [-0.3, -0.25) is 9.59 Å². The van der Waals surface area contributed by atoms with E-state index in [2.05, 4.69) is 50.3 Å². The van der Waals surface area contributed by atoms with E-state index >= 15 is 0 Å². The van der Waals surface area contributed by atoms with Gasteiger partial charge in [0.05, 0.1) is 0 Å². The number of esters is 1. The van der Waals surface area contributed by atoms with Crippen molar-refractivity contribution in [3.8, 4) is 0 Å². The molecule has 274 valence electrons. The summed E-state index contributed by atoms with van der Waals surface area (Å²) in [5.41, 5.74) is 0. The molecule has 0 saturated carbocycles. The van der Waals surface area contributed by atoms with E-state index in [9.17, 15) is 9.59 Å². The van der Waals surface area contributed by atoms with Gasteiger partial charge in [-0.05, 0) is 89.9 Å². The molecular weight excluding hydrogens is 580 g/mol. The van der Waals surface area contributed by atoms with E-state index in [1.165, 1.54) is 116 Å². The number of ether oxygens (including phenoxy) is 1. The third-order valence-electron chi connectivity index (χ3n) is 9.08. The lowest BCUT2D eigenvalue weighted by atomic mass is 10.0. The molecule has 47 heavy (non-hydrogen) atoms. The highest BCUT2D eigenvalue weighted by atomic mass is 16.5. The molecule has 0 aliphatic heterocycles. The van der Waals surface area contributed by atoms with Crippen LogP contribution in [0.25, 0.3) is 0 Å². The fourth-order valence-electron chi connectivity index (χ4n) is 6.04. The summed E-state index contributed by atoms with van der Waals surface area (Å²) in [5.74, 6) is -0.731. The first-order chi connectivity index (χ1) is 23.1. The maximum Gasteiger partial charge on any atom is 0.306 e. The molecule has 0 heterocycles. The highest BCUT2D eigenvalue weighted by Gasteiger charge is 2.14. The van der Waals surface area contributed by atoms with E-state index in [0.717, 1.165) is 77.0 Å². The number of aliphatic carboxylic acids is 1. The van der Waals surface area contributed by atoms with E-state index in [4.69, 9.17) is 9.84 Å². The van der Waals surface area contributed by atoms with Gasteiger partial charge in [0.1, 0.15) is 6.10 Å². The predicted octanol–water partition coefficient (Wildman–Crippen LogP) is 14.2. The SMILES string of the molecule is CCCCC/C=C\C/C=C\CCCC(CCCCCCCC(=O)O)OC(=O)CCCCCCCCC/C=C\CCCCCCCCC. The molecule has 4 heteroatoms. The molecule has 0 fully saturated rings. The Morgan fingerprint density at radius 3 is 1.40 bits per heavy atom. The van der Waals surface area contributed by atoms with Crippen LogP contribution in [0.2, 0.25) is 0 Å². The van der Waals surface area contributed by atoms with Gasteiger partial charge < -0.3 is 9.84 Å². The first-order valence-electron chi connectivity index (χ1n) is 20.5. The summed E-state index contributed by atoms with van der Waals surface area (Å²) in [6, 6.07) is 0. The molecular formula is C43H78O4. The van der Waals surface area contributed by atoms with E-state index in [1.807, 2.05) is 0 Å². The second kappa shape index (κ2) is 38.6. The average molecular weight is 659 g/mol. The highest BCUT2D eigenvalue weighted by Crippen LogP contribution is 2.18. The molecule has 0 rings (SSSR count). The zero-order valence-electron chi connectivity index (χ0n) is 31.3. The Morgan fingerprint density at radius 2 is 0.851 bits per heavy atom. The van der Waals surface area contributed by atoms with Gasteiger partial charge in [0, 0.05) is 12.8 Å². The van der Waals surface area contributed by atoms with E-state index in [1.54, 1.807) is 0 Å². The Labute approximate surface area is 292 Å². The molecule has 0 aromatic heterocycles. The molecule has 0 aliphatic carbocycles. The van der Waals surface area contributed by atoms with Crippen LogP contribution in [0.1, 0.15) is 219 Å². The summed E-state index contributed by atoms with van der Waals surface area (Å²) >= 11 is 0. The Bertz CT molecular complexity index is 753. The maximum absolute atomic E-state index is 12.7. The smallest absolute Gasteiger partial charge is 0.306 e. The largest absolute Gasteiger partial charge is 0.481 e. The molecule has 0 amide bonds. The lowest BCUT2D eigenvalue weighted by Gasteiger charge is -2.18. The topological polar surface area (TPSA) is 63.6 Å². The number of unbranched alkanes of at least 4 members (excludes halogenated alkanes) is 22. The zero-order valence-corrected chi connectivity index (χ0v) is 31.3. The lowest BCUT2D eigenvalue weighted by Crippen LogP contribution is -2.18. The Balaban J connectivity index is 4.03. The summed E-state index contributed by atoms with van der Waals surface area (Å²) in [7, 11) is 0. The van der Waals surface area contributed by atoms with Crippen molar-refractivity contribution in [2.45, 2.75) is 225 Å². The quantitative estimate of drug-likeness (QED) is 0.0410. The fraction of sp³-hybridized carbons (Fsp3) is 0.814. The number of hydrogen-bond acceptors (Lipinski definition) is 3. The van der Waals surface area contributed by atoms with Crippen LogP contribution in [-0.2, 0) is 14.3 Å². The van der Waals surface area contributed by atoms with Gasteiger partial charge in [-0.25, -0.2) is 0 Å². The van der Waals surface area contributed by atoms with Gasteiger partial charge in [0.2, 0.25) is 0 Å². The van der Waals surface area contributed by atoms with Gasteiger partial charge in [-0.2, -0.15) is 0 Å². The monoisotopic (exact) mass is 659 g/mol. The minimum absolute atomic E-state index is 0.0120. The summed E-state index contributed by atoms with van der Waals surface area (Å²) in [4.78, 5) is 23.4. The van der Waals surface area contributed by atoms with E-state index in [-0.39, 0.29) is 18.5 Å². The molecule has 1 atom stereocenters. The number of carboxylic acid groups (broad SMARTS) is 1. The summed E-state index contributed by atoms with van der Waals surface area (Å²) in [6.45, 7) is 4.52. The second-order valence-corrected chi connectivity index (χ2v) is 13.8. The van der Waals surface area contributed by atoms with Crippen molar-refractivity contribution in [2.24, 2.45) is 0 Å². The molecule has 4 nitrogen and oxygen atoms in total. The van der Waals surface area contributed by atoms with Crippen molar-refractivity contribution in [2.75, 3.05) is 0 Å². The van der Waals surface area contributed by atoms with Crippen molar-refractivity contribution in [1.82, 2.24) is 0 Å². The van der Waals surface area contributed by atoms with Crippen LogP contribution in [0.5, 0.6) is 0 Å². The Kier molecular flexibility index (Phi) is 37.1. The number of carbonyl (C=O) groups is 2. The molecule has 1 N–H and O–H groups in total. The highest BCUT2D eigenvalue weighted by molar-refractivity contribution is 5.69. The van der Waals surface area contributed by atoms with Crippen LogP contribution < -0.4 is 0 Å². The summed E-state index contributed by atoms with van der Waals surface area (Å²) in [5, 5.41) is 8.81. The molecule has 0 radical (unpaired) electrons. The minimum Gasteiger partial charge on any atom is -0.481 e. The minimum atomic E-state index is -0.707. The van der Waals surface area contributed by atoms with E-state index < -0.39 is 5.97 Å². The lowest BCUT2D eigenvalue weighted by molar-refractivity contribution is -0.150. The number of carbonyl (C=O) groups excluding carboxylic acids is 1. The maximum atomic E-state index is 12.7. The van der Waals surface area contributed by atoms with Crippen LogP contribution in [0.3, 0.4) is 0 Å². The standard InChI is InChI=1S/C43H78O4/c1-3-5-7-9-11-13-15-16-17-18-19-20-21-23-25-27-32-36-40-43(46)47-41(38-34-30-28-31-35-39-42(44)45)37-33-29-26-24-22-14-12-10-8-6-4-2/h12,14,17-18,24,26,41H,3-11,13,15-16,19-23,25,27-40H2,1-2H3,(H,44,45)/b14-12-,18-17-,26-24-. The fourth-order valence-corrected chi connectivity index (χ4v) is 6.04. The third-order valence-corrected chi connectivity index (χ3v) is 9.08. The Morgan fingerprint density at radius 1 is 0.468 bits per heavy atom. The summed E-state index contributed by atoms with van der Waals surface area (Å²) < 4.78 is 5.98. The summed E-state index contributed by atoms with van der Waals surface area (Å²) in [6.07, 6.45) is 50.2. The normalized spacial score (nSPS) is 12.6. The van der Waals surface area contributed by atoms with E-state index in [0.29, 0.717) is 6.42 Å². The number of rotatable bonds is 37. The van der Waals surface area contributed by atoms with Gasteiger partial charge in [0.15, 0.2) is 0 Å². The zero-order chi connectivity index (χ0) is 34.3. The first-order valence-corrected chi connectivity index (χ1v) is 20.5. The van der Waals surface area contributed by atoms with Gasteiger partial charge in [0.25, 0.3) is 0 Å². The van der Waals surface area contributed by atoms with Crippen molar-refractivity contribution in [1.29, 1.82) is 0 Å². The first kappa shape index (κ1) is 45.2. The van der Waals surface area contributed by atoms with Crippen LogP contribution >= 0.6 is 0 Å². The number of carboxylic acids is 1. The molecule has 0 aliphatic rings. The Hall–Kier alpha value is -1.84. The van der Waals surface area contributed by atoms with Crippen molar-refractivity contribution in [3.63, 3.8) is 0 Å². The van der Waals surface area contributed by atoms with Crippen LogP contribution in [-0.4, -0.2) is 23.1 Å². The average Bonchev–Trinajstić information content (AvgIpc) is 3.05. The van der Waals surface area contributed by atoms with Crippen molar-refractivity contribution < 1.29 is 19.4 Å². The number of hydrogen-bond donors (Lipinski definition) is 1. The molecule has 1 unspecified atom stereocenters. The van der Waals surface area contributed by atoms with Crippen molar-refractivity contribution in [3.05, 3.63) is 36.5 Å². The van der Waals surface area contributed by atoms with Gasteiger partial charge >= 0.3 is 11.9 Å². The molecule has 0 aromatic rings. The molecule has 0 saturated heterocycles. The van der Waals surface area contributed by atoms with Crippen molar-refractivity contribution >= 4 is 11.9 Å². The van der Waals surface area contributed by atoms with Gasteiger partial charge in [-0.1, -0.05) is 153 Å². The van der Waals surface area contributed by atoms with Crippen LogP contribution in [0, 0.1) is 0 Å². The predicted molar refractivity (Wildman–Crippen MR) is 204 cm³/mol. The van der Waals surface area contributed by atoms with Gasteiger partial charge in [-0.15, -0.1) is 0 Å². The third kappa shape index (κ3) is 38.5. The molecule has 0 spiro atoms. The van der Waals surface area contributed by atoms with Crippen LogP contribution in [0.15, 0.2) is 36.5 Å².